The molecule has 0 aromatic carbocycles. The van der Waals surface area contributed by atoms with Crippen LogP contribution in [0.15, 0.2) is 0 Å². The monoisotopic (exact) mass is 200 g/mol. The lowest BCUT2D eigenvalue weighted by Gasteiger charge is -2.18. The quantitative estimate of drug-likeness (QED) is 0.415. The highest BCUT2D eigenvalue weighted by Crippen LogP contribution is 2.12. The number of aliphatic carboxylic acids is 1. The van der Waals surface area contributed by atoms with Gasteiger partial charge in [0.1, 0.15) is 18.9 Å². The van der Waals surface area contributed by atoms with E-state index in [2.05, 4.69) is 16.0 Å². The number of hydrogen-bond donors (Lipinski definition) is 4. The van der Waals surface area contributed by atoms with Gasteiger partial charge in [-0.1, -0.05) is 0 Å². The van der Waals surface area contributed by atoms with Gasteiger partial charge in [-0.15, -0.1) is 0 Å². The van der Waals surface area contributed by atoms with Crippen molar-refractivity contribution in [1.29, 1.82) is 0 Å². The Morgan fingerprint density at radius 3 is 2.71 bits per heavy atom. The maximum Gasteiger partial charge on any atom is 0.323 e. The Labute approximate surface area is 78.2 Å². The molecule has 2 aliphatic rings. The van der Waals surface area contributed by atoms with Crippen molar-refractivity contribution < 1.29 is 19.5 Å². The number of urea groups is 2. The fourth-order valence-corrected chi connectivity index (χ4v) is 1.51. The molecular weight excluding hydrogens is 192 g/mol. The van der Waals surface area contributed by atoms with Crippen LogP contribution in [0.2, 0.25) is 0 Å². The first-order valence-corrected chi connectivity index (χ1v) is 3.94. The van der Waals surface area contributed by atoms with Crippen molar-refractivity contribution in [3.63, 3.8) is 0 Å². The molecule has 0 aliphatic carbocycles. The summed E-state index contributed by atoms with van der Waals surface area (Å²) in [5.41, 5.74) is 0. The fourth-order valence-electron chi connectivity index (χ4n) is 1.51. The molecule has 2 fully saturated rings. The van der Waals surface area contributed by atoms with Crippen molar-refractivity contribution in [3.05, 3.63) is 0 Å². The summed E-state index contributed by atoms with van der Waals surface area (Å²) in [7, 11) is 0. The zero-order valence-corrected chi connectivity index (χ0v) is 6.98. The van der Waals surface area contributed by atoms with Gasteiger partial charge in [0.15, 0.2) is 0 Å². The van der Waals surface area contributed by atoms with E-state index < -0.39 is 36.9 Å². The minimum Gasteiger partial charge on any atom is -0.480 e. The van der Waals surface area contributed by atoms with E-state index in [-0.39, 0.29) is 0 Å². The Bertz CT molecular complexity index is 317. The number of hydrogen-bond acceptors (Lipinski definition) is 3. The van der Waals surface area contributed by atoms with Crippen LogP contribution >= 0.6 is 0 Å². The number of carboxylic acids is 1. The highest BCUT2D eigenvalue weighted by molar-refractivity contribution is 5.87. The van der Waals surface area contributed by atoms with E-state index in [1.165, 1.54) is 0 Å². The molecule has 2 rings (SSSR count). The molecule has 0 aromatic heterocycles. The number of amides is 4. The summed E-state index contributed by atoms with van der Waals surface area (Å²) >= 11 is 0. The van der Waals surface area contributed by atoms with E-state index in [9.17, 15) is 14.4 Å². The maximum atomic E-state index is 11.2. The Hall–Kier alpha value is -1.99. The number of rotatable bonds is 2. The smallest absolute Gasteiger partial charge is 0.323 e. The van der Waals surface area contributed by atoms with Crippen LogP contribution in [-0.4, -0.2) is 46.9 Å². The lowest BCUT2D eigenvalue weighted by molar-refractivity contribution is -0.137. The Morgan fingerprint density at radius 1 is 1.36 bits per heavy atom. The van der Waals surface area contributed by atoms with E-state index in [0.717, 1.165) is 4.90 Å². The number of fused-ring (bicyclic) bond motifs is 1. The molecule has 0 aromatic rings. The topological polar surface area (TPSA) is 111 Å². The Morgan fingerprint density at radius 2 is 2.07 bits per heavy atom. The summed E-state index contributed by atoms with van der Waals surface area (Å²) in [6.07, 6.45) is -1.17. The number of nitrogens with one attached hydrogen (secondary N) is 3. The van der Waals surface area contributed by atoms with E-state index in [1.54, 1.807) is 0 Å². The van der Waals surface area contributed by atoms with Crippen molar-refractivity contribution in [3.8, 4) is 0 Å². The molecule has 0 saturated carbocycles. The molecular formula is C6H8N4O4. The predicted octanol–water partition coefficient (Wildman–Crippen LogP) is -1.94. The summed E-state index contributed by atoms with van der Waals surface area (Å²) in [5, 5.41) is 15.8. The van der Waals surface area contributed by atoms with Crippen LogP contribution in [0.4, 0.5) is 9.59 Å². The van der Waals surface area contributed by atoms with E-state index in [1.807, 2.05) is 0 Å². The van der Waals surface area contributed by atoms with Gasteiger partial charge in [0.25, 0.3) is 0 Å². The average molecular weight is 200 g/mol. The van der Waals surface area contributed by atoms with Gasteiger partial charge in [-0.25, -0.2) is 9.59 Å². The molecule has 0 spiro atoms. The second-order valence-electron chi connectivity index (χ2n) is 3.01. The van der Waals surface area contributed by atoms with Gasteiger partial charge in [-0.2, -0.15) is 0 Å². The number of carbonyl (C=O) groups excluding carboxylic acids is 2. The minimum absolute atomic E-state index is 0.421. The molecule has 0 unspecified atom stereocenters. The molecule has 8 heteroatoms. The van der Waals surface area contributed by atoms with Crippen molar-refractivity contribution in [1.82, 2.24) is 20.9 Å². The molecule has 2 heterocycles. The first kappa shape index (κ1) is 8.60. The van der Waals surface area contributed by atoms with Crippen molar-refractivity contribution in [2.24, 2.45) is 0 Å². The minimum atomic E-state index is -1.12. The molecule has 4 N–H and O–H groups in total. The summed E-state index contributed by atoms with van der Waals surface area (Å²) in [6.45, 7) is -0.436. The lowest BCUT2D eigenvalue weighted by atomic mass is 10.4. The fraction of sp³-hybridized carbons (Fsp3) is 0.500. The van der Waals surface area contributed by atoms with Gasteiger partial charge in [-0.05, 0) is 0 Å². The van der Waals surface area contributed by atoms with Gasteiger partial charge in [0.05, 0.1) is 0 Å². The predicted molar refractivity (Wildman–Crippen MR) is 42.1 cm³/mol. The molecule has 14 heavy (non-hydrogen) atoms. The average Bonchev–Trinajstić information content (AvgIpc) is 2.51. The molecule has 4 amide bonds. The van der Waals surface area contributed by atoms with Gasteiger partial charge < -0.3 is 21.1 Å². The molecule has 2 atom stereocenters. The molecule has 8 nitrogen and oxygen atoms in total. The third-order valence-electron chi connectivity index (χ3n) is 2.06. The van der Waals surface area contributed by atoms with Crippen LogP contribution in [0.25, 0.3) is 0 Å². The van der Waals surface area contributed by atoms with Crippen LogP contribution < -0.4 is 16.0 Å². The van der Waals surface area contributed by atoms with E-state index in [4.69, 9.17) is 5.11 Å². The highest BCUT2D eigenvalue weighted by atomic mass is 16.4. The third-order valence-corrected chi connectivity index (χ3v) is 2.06. The zero-order chi connectivity index (χ0) is 10.3. The van der Waals surface area contributed by atoms with Gasteiger partial charge >= 0.3 is 18.0 Å². The van der Waals surface area contributed by atoms with Crippen molar-refractivity contribution in [2.45, 2.75) is 12.3 Å². The van der Waals surface area contributed by atoms with Crippen LogP contribution in [0, 0.1) is 0 Å². The first-order valence-electron chi connectivity index (χ1n) is 3.94. The maximum absolute atomic E-state index is 11.2. The molecule has 2 saturated heterocycles. The number of nitrogens with zero attached hydrogens (tertiary/aromatic N) is 1. The molecule has 76 valence electrons. The lowest BCUT2D eigenvalue weighted by Crippen LogP contribution is -2.45. The van der Waals surface area contributed by atoms with E-state index in [0.29, 0.717) is 0 Å². The van der Waals surface area contributed by atoms with Crippen LogP contribution in [0.3, 0.4) is 0 Å². The summed E-state index contributed by atoms with van der Waals surface area (Å²) in [4.78, 5) is 33.5. The molecule has 2 aliphatic heterocycles. The van der Waals surface area contributed by atoms with Crippen molar-refractivity contribution >= 4 is 18.0 Å². The van der Waals surface area contributed by atoms with Crippen LogP contribution in [-0.2, 0) is 4.79 Å². The standard InChI is InChI=1S/C6H8N4O4/c11-2(12)1-10-4-3(8-6(10)14)7-5(13)9-4/h3-4H,1H2,(H,8,14)(H,11,12)(H2,7,9,13)/t3-,4+/m0/s1. The highest BCUT2D eigenvalue weighted by Gasteiger charge is 2.45. The largest absolute Gasteiger partial charge is 0.480 e. The third kappa shape index (κ3) is 1.20. The molecule has 0 bridgehead atoms. The Kier molecular flexibility index (Phi) is 1.69. The summed E-state index contributed by atoms with van der Waals surface area (Å²) in [5.74, 6) is -1.12. The van der Waals surface area contributed by atoms with Gasteiger partial charge in [0, 0.05) is 0 Å². The first-order chi connectivity index (χ1) is 6.58. The van der Waals surface area contributed by atoms with Gasteiger partial charge in [0.2, 0.25) is 0 Å². The van der Waals surface area contributed by atoms with Gasteiger partial charge in [-0.3, -0.25) is 9.69 Å². The summed E-state index contributed by atoms with van der Waals surface area (Å²) < 4.78 is 0. The van der Waals surface area contributed by atoms with Crippen LogP contribution in [0.5, 0.6) is 0 Å². The number of carboxylic acid groups (broad SMARTS) is 1. The SMILES string of the molecule is O=C(O)CN1C(=O)N[C@@H]2NC(=O)N[C@@H]21. The number of carbonyl (C=O) groups is 3. The van der Waals surface area contributed by atoms with E-state index >= 15 is 0 Å². The van der Waals surface area contributed by atoms with Crippen LogP contribution in [0.1, 0.15) is 0 Å². The summed E-state index contributed by atoms with van der Waals surface area (Å²) in [6, 6.07) is -0.926. The normalized spacial score (nSPS) is 29.3. The van der Waals surface area contributed by atoms with Crippen molar-refractivity contribution in [2.75, 3.05) is 6.54 Å². The molecule has 0 radical (unpaired) electrons. The Balaban J connectivity index is 2.12. The second kappa shape index (κ2) is 2.76. The zero-order valence-electron chi connectivity index (χ0n) is 6.98. The second-order valence-corrected chi connectivity index (χ2v) is 3.01.